The van der Waals surface area contributed by atoms with E-state index in [0.717, 1.165) is 37.3 Å². The Labute approximate surface area is 122 Å². The summed E-state index contributed by atoms with van der Waals surface area (Å²) in [5.41, 5.74) is 0.325. The zero-order valence-electron chi connectivity index (χ0n) is 11.7. The molecule has 114 valence electrons. The third kappa shape index (κ3) is 4.53. The zero-order valence-corrected chi connectivity index (χ0v) is 11.7. The van der Waals surface area contributed by atoms with Crippen LogP contribution in [0.15, 0.2) is 24.3 Å². The number of piperidine rings is 1. The van der Waals surface area contributed by atoms with Crippen LogP contribution < -0.4 is 15.3 Å². The van der Waals surface area contributed by atoms with E-state index in [1.807, 2.05) is 0 Å². The van der Waals surface area contributed by atoms with Gasteiger partial charge in [-0.2, -0.15) is 0 Å². The molecule has 1 aromatic carbocycles. The van der Waals surface area contributed by atoms with E-state index >= 15 is 0 Å². The Hall–Kier alpha value is -1.95. The van der Waals surface area contributed by atoms with Crippen LogP contribution in [0.5, 0.6) is 0 Å². The first-order valence-corrected chi connectivity index (χ1v) is 7.17. The maximum Gasteiger partial charge on any atom is 0.230 e. The van der Waals surface area contributed by atoms with E-state index in [2.05, 4.69) is 5.32 Å². The van der Waals surface area contributed by atoms with E-state index in [4.69, 9.17) is 0 Å². The highest BCUT2D eigenvalue weighted by molar-refractivity contribution is 5.93. The molecule has 0 unspecified atom stereocenters. The molecule has 1 atom stereocenters. The SMILES string of the molecule is O=C(C[C@H](C(=O)[O-])[NH+]1CCCCC1)Nc1cccc(F)c1. The summed E-state index contributed by atoms with van der Waals surface area (Å²) in [7, 11) is 0. The van der Waals surface area contributed by atoms with Crippen LogP contribution in [0, 0.1) is 5.82 Å². The van der Waals surface area contributed by atoms with Crippen LogP contribution in [0.2, 0.25) is 0 Å². The number of hydrogen-bond donors (Lipinski definition) is 2. The quantitative estimate of drug-likeness (QED) is 0.757. The zero-order chi connectivity index (χ0) is 15.2. The molecule has 1 saturated heterocycles. The molecule has 1 heterocycles. The normalized spacial score (nSPS) is 17.2. The van der Waals surface area contributed by atoms with E-state index in [0.29, 0.717) is 5.69 Å². The highest BCUT2D eigenvalue weighted by atomic mass is 19.1. The maximum atomic E-state index is 13.0. The lowest BCUT2D eigenvalue weighted by Gasteiger charge is -2.31. The molecule has 1 amide bonds. The first-order valence-electron chi connectivity index (χ1n) is 7.17. The minimum Gasteiger partial charge on any atom is -0.544 e. The van der Waals surface area contributed by atoms with Crippen molar-refractivity contribution in [2.24, 2.45) is 0 Å². The smallest absolute Gasteiger partial charge is 0.230 e. The van der Waals surface area contributed by atoms with Crippen molar-refractivity contribution in [2.75, 3.05) is 18.4 Å². The van der Waals surface area contributed by atoms with Crippen molar-refractivity contribution in [2.45, 2.75) is 31.7 Å². The number of carbonyl (C=O) groups excluding carboxylic acids is 2. The van der Waals surface area contributed by atoms with E-state index in [1.54, 1.807) is 6.07 Å². The van der Waals surface area contributed by atoms with Crippen molar-refractivity contribution in [3.63, 3.8) is 0 Å². The van der Waals surface area contributed by atoms with Gasteiger partial charge in [0.2, 0.25) is 5.91 Å². The summed E-state index contributed by atoms with van der Waals surface area (Å²) in [6.45, 7) is 1.48. The van der Waals surface area contributed by atoms with Crippen LogP contribution >= 0.6 is 0 Å². The Balaban J connectivity index is 1.96. The lowest BCUT2D eigenvalue weighted by molar-refractivity contribution is -0.922. The number of rotatable bonds is 5. The number of amides is 1. The summed E-state index contributed by atoms with van der Waals surface area (Å²) in [5, 5.41) is 13.8. The van der Waals surface area contributed by atoms with Crippen molar-refractivity contribution >= 4 is 17.6 Å². The molecule has 1 aliphatic rings. The number of benzene rings is 1. The van der Waals surface area contributed by atoms with E-state index in [1.165, 1.54) is 18.2 Å². The lowest BCUT2D eigenvalue weighted by Crippen LogP contribution is -3.18. The molecule has 1 aliphatic heterocycles. The van der Waals surface area contributed by atoms with Crippen LogP contribution in [0.25, 0.3) is 0 Å². The van der Waals surface area contributed by atoms with Crippen LogP contribution in [0.1, 0.15) is 25.7 Å². The second-order valence-corrected chi connectivity index (χ2v) is 5.35. The van der Waals surface area contributed by atoms with Gasteiger partial charge in [0.05, 0.1) is 25.5 Å². The molecule has 0 aromatic heterocycles. The predicted octanol–water partition coefficient (Wildman–Crippen LogP) is -0.658. The van der Waals surface area contributed by atoms with Crippen LogP contribution in [0.3, 0.4) is 0 Å². The summed E-state index contributed by atoms with van der Waals surface area (Å²) < 4.78 is 13.0. The van der Waals surface area contributed by atoms with Gasteiger partial charge >= 0.3 is 0 Å². The van der Waals surface area contributed by atoms with Gasteiger partial charge in [-0.15, -0.1) is 0 Å². The minimum absolute atomic E-state index is 0.159. The van der Waals surface area contributed by atoms with Crippen molar-refractivity contribution in [3.8, 4) is 0 Å². The Kier molecular flexibility index (Phi) is 5.27. The predicted molar refractivity (Wildman–Crippen MR) is 73.0 cm³/mol. The minimum atomic E-state index is -1.21. The number of likely N-dealkylation sites (tertiary alicyclic amines) is 1. The molecular formula is C15H19FN2O3. The summed E-state index contributed by atoms with van der Waals surface area (Å²) >= 11 is 0. The molecule has 0 spiro atoms. The van der Waals surface area contributed by atoms with Gasteiger partial charge in [0.25, 0.3) is 0 Å². The molecular weight excluding hydrogens is 275 g/mol. The molecule has 0 radical (unpaired) electrons. The molecule has 2 N–H and O–H groups in total. The number of quaternary nitrogens is 1. The summed E-state index contributed by atoms with van der Waals surface area (Å²) in [6, 6.07) is 4.66. The van der Waals surface area contributed by atoms with Gasteiger partial charge in [-0.25, -0.2) is 4.39 Å². The second-order valence-electron chi connectivity index (χ2n) is 5.35. The number of carbonyl (C=O) groups is 2. The topological polar surface area (TPSA) is 73.7 Å². The molecule has 0 saturated carbocycles. The van der Waals surface area contributed by atoms with Gasteiger partial charge in [-0.1, -0.05) is 6.07 Å². The van der Waals surface area contributed by atoms with E-state index in [-0.39, 0.29) is 6.42 Å². The van der Waals surface area contributed by atoms with Gasteiger partial charge in [0, 0.05) is 5.69 Å². The average Bonchev–Trinajstić information content (AvgIpc) is 2.45. The maximum absolute atomic E-state index is 13.0. The van der Waals surface area contributed by atoms with E-state index in [9.17, 15) is 19.1 Å². The third-order valence-corrected chi connectivity index (χ3v) is 3.77. The van der Waals surface area contributed by atoms with Crippen molar-refractivity contribution < 1.29 is 24.0 Å². The number of carboxylic acids is 1. The number of carboxylic acid groups (broad SMARTS) is 1. The van der Waals surface area contributed by atoms with Crippen LogP contribution in [0.4, 0.5) is 10.1 Å². The fourth-order valence-corrected chi connectivity index (χ4v) is 2.71. The third-order valence-electron chi connectivity index (χ3n) is 3.77. The average molecular weight is 294 g/mol. The summed E-state index contributed by atoms with van der Waals surface area (Å²) in [5.74, 6) is -2.10. The fraction of sp³-hybridized carbons (Fsp3) is 0.467. The summed E-state index contributed by atoms with van der Waals surface area (Å²) in [6.07, 6.45) is 2.86. The number of halogens is 1. The molecule has 0 aliphatic carbocycles. The van der Waals surface area contributed by atoms with Crippen molar-refractivity contribution in [1.29, 1.82) is 0 Å². The van der Waals surface area contributed by atoms with Gasteiger partial charge in [0.15, 0.2) is 0 Å². The lowest BCUT2D eigenvalue weighted by atomic mass is 10.1. The van der Waals surface area contributed by atoms with Gasteiger partial charge < -0.3 is 20.1 Å². The van der Waals surface area contributed by atoms with Gasteiger partial charge in [0.1, 0.15) is 11.9 Å². The second kappa shape index (κ2) is 7.17. The molecule has 1 fully saturated rings. The Morgan fingerprint density at radius 3 is 2.62 bits per heavy atom. The number of hydrogen-bond acceptors (Lipinski definition) is 3. The molecule has 5 nitrogen and oxygen atoms in total. The molecule has 6 heteroatoms. The first kappa shape index (κ1) is 15.4. The molecule has 21 heavy (non-hydrogen) atoms. The fourth-order valence-electron chi connectivity index (χ4n) is 2.71. The summed E-state index contributed by atoms with van der Waals surface area (Å²) in [4.78, 5) is 24.1. The number of anilines is 1. The first-order chi connectivity index (χ1) is 10.1. The van der Waals surface area contributed by atoms with Crippen LogP contribution in [-0.2, 0) is 9.59 Å². The monoisotopic (exact) mass is 294 g/mol. The molecule has 0 bridgehead atoms. The Bertz CT molecular complexity index is 515. The van der Waals surface area contributed by atoms with Gasteiger partial charge in [-0.05, 0) is 37.5 Å². The highest BCUT2D eigenvalue weighted by Gasteiger charge is 2.27. The highest BCUT2D eigenvalue weighted by Crippen LogP contribution is 2.09. The largest absolute Gasteiger partial charge is 0.544 e. The number of nitrogens with one attached hydrogen (secondary N) is 2. The number of aliphatic carboxylic acids is 1. The Morgan fingerprint density at radius 2 is 2.00 bits per heavy atom. The standard InChI is InChI=1S/C15H19FN2O3/c16-11-5-4-6-12(9-11)17-14(19)10-13(15(20)21)18-7-2-1-3-8-18/h4-6,9,13H,1-3,7-8,10H2,(H,17,19)(H,20,21)/t13-/m1/s1. The van der Waals surface area contributed by atoms with Gasteiger partial charge in [-0.3, -0.25) is 4.79 Å². The van der Waals surface area contributed by atoms with Crippen molar-refractivity contribution in [1.82, 2.24) is 0 Å². The van der Waals surface area contributed by atoms with Crippen molar-refractivity contribution in [3.05, 3.63) is 30.1 Å². The van der Waals surface area contributed by atoms with E-state index < -0.39 is 23.7 Å². The Morgan fingerprint density at radius 1 is 1.29 bits per heavy atom. The molecule has 1 aromatic rings. The van der Waals surface area contributed by atoms with Crippen LogP contribution in [-0.4, -0.2) is 31.0 Å². The molecule has 2 rings (SSSR count).